The number of nitrogens with zero attached hydrogens (tertiary/aromatic N) is 1. The lowest BCUT2D eigenvalue weighted by molar-refractivity contribution is 0.296. The Balaban J connectivity index is 2.47. The van der Waals surface area contributed by atoms with Crippen LogP contribution in [0.1, 0.15) is 12.0 Å². The van der Waals surface area contributed by atoms with Crippen molar-refractivity contribution in [1.29, 1.82) is 5.26 Å². The highest BCUT2D eigenvalue weighted by Crippen LogP contribution is 2.39. The normalized spacial score (nSPS) is 14.1. The zero-order valence-corrected chi connectivity index (χ0v) is 9.71. The van der Waals surface area contributed by atoms with E-state index in [9.17, 15) is 0 Å². The second-order valence-corrected chi connectivity index (χ2v) is 4.10. The standard InChI is InChI=1S/C11H10BrNO2/c12-9-3-2-8(4-5-13)10-11(9)15-7-1-6-14-10/h2-3H,1,4,6-7H2. The predicted octanol–water partition coefficient (Wildman–Crippen LogP) is 2.68. The first-order valence-corrected chi connectivity index (χ1v) is 5.56. The highest BCUT2D eigenvalue weighted by atomic mass is 79.9. The molecule has 1 aromatic carbocycles. The van der Waals surface area contributed by atoms with E-state index in [0.717, 1.165) is 22.2 Å². The molecule has 78 valence electrons. The third-order valence-electron chi connectivity index (χ3n) is 2.20. The number of hydrogen-bond donors (Lipinski definition) is 0. The Morgan fingerprint density at radius 3 is 2.73 bits per heavy atom. The van der Waals surface area contributed by atoms with Gasteiger partial charge in [-0.1, -0.05) is 6.07 Å². The van der Waals surface area contributed by atoms with Crippen LogP contribution in [-0.4, -0.2) is 13.2 Å². The Morgan fingerprint density at radius 2 is 2.00 bits per heavy atom. The fourth-order valence-electron chi connectivity index (χ4n) is 1.50. The van der Waals surface area contributed by atoms with E-state index >= 15 is 0 Å². The molecule has 0 aromatic heterocycles. The third-order valence-corrected chi connectivity index (χ3v) is 2.82. The molecule has 0 N–H and O–H groups in total. The monoisotopic (exact) mass is 267 g/mol. The summed E-state index contributed by atoms with van der Waals surface area (Å²) in [5.74, 6) is 1.43. The Morgan fingerprint density at radius 1 is 1.27 bits per heavy atom. The molecule has 15 heavy (non-hydrogen) atoms. The van der Waals surface area contributed by atoms with Gasteiger partial charge in [0, 0.05) is 12.0 Å². The zero-order valence-electron chi connectivity index (χ0n) is 8.12. The molecular weight excluding hydrogens is 258 g/mol. The molecule has 1 aliphatic rings. The smallest absolute Gasteiger partial charge is 0.175 e. The van der Waals surface area contributed by atoms with Crippen LogP contribution >= 0.6 is 15.9 Å². The minimum Gasteiger partial charge on any atom is -0.489 e. The SMILES string of the molecule is N#CCc1ccc(Br)c2c1OCCCO2. The van der Waals surface area contributed by atoms with Crippen molar-refractivity contribution in [1.82, 2.24) is 0 Å². The minimum absolute atomic E-state index is 0.346. The highest BCUT2D eigenvalue weighted by molar-refractivity contribution is 9.10. The van der Waals surface area contributed by atoms with E-state index in [4.69, 9.17) is 14.7 Å². The molecule has 4 heteroatoms. The van der Waals surface area contributed by atoms with Gasteiger partial charge >= 0.3 is 0 Å². The molecule has 3 nitrogen and oxygen atoms in total. The van der Waals surface area contributed by atoms with Gasteiger partial charge in [0.15, 0.2) is 11.5 Å². The van der Waals surface area contributed by atoms with Crippen molar-refractivity contribution in [3.05, 3.63) is 22.2 Å². The van der Waals surface area contributed by atoms with Crippen LogP contribution in [0.25, 0.3) is 0 Å². The maximum atomic E-state index is 8.70. The van der Waals surface area contributed by atoms with Crippen molar-refractivity contribution in [2.75, 3.05) is 13.2 Å². The van der Waals surface area contributed by atoms with E-state index < -0.39 is 0 Å². The summed E-state index contributed by atoms with van der Waals surface area (Å²) in [5.41, 5.74) is 0.887. The van der Waals surface area contributed by atoms with E-state index in [0.29, 0.717) is 25.4 Å². The summed E-state index contributed by atoms with van der Waals surface area (Å²) < 4.78 is 12.1. The molecule has 1 aliphatic heterocycles. The van der Waals surface area contributed by atoms with Gasteiger partial charge in [-0.15, -0.1) is 0 Å². The van der Waals surface area contributed by atoms with Gasteiger partial charge in [0.1, 0.15) is 0 Å². The van der Waals surface area contributed by atoms with Gasteiger partial charge in [0.2, 0.25) is 0 Å². The largest absolute Gasteiger partial charge is 0.489 e. The van der Waals surface area contributed by atoms with Gasteiger partial charge in [-0.2, -0.15) is 5.26 Å². The van der Waals surface area contributed by atoms with Gasteiger partial charge in [-0.05, 0) is 22.0 Å². The molecule has 1 heterocycles. The molecule has 0 fully saturated rings. The first kappa shape index (κ1) is 10.3. The summed E-state index contributed by atoms with van der Waals surface area (Å²) in [7, 11) is 0. The quantitative estimate of drug-likeness (QED) is 0.786. The number of fused-ring (bicyclic) bond motifs is 1. The fourth-order valence-corrected chi connectivity index (χ4v) is 1.93. The van der Waals surface area contributed by atoms with Gasteiger partial charge in [0.05, 0.1) is 30.2 Å². The number of halogens is 1. The van der Waals surface area contributed by atoms with E-state index in [1.165, 1.54) is 0 Å². The second kappa shape index (κ2) is 4.54. The summed E-state index contributed by atoms with van der Waals surface area (Å²) in [4.78, 5) is 0. The van der Waals surface area contributed by atoms with Crippen LogP contribution in [-0.2, 0) is 6.42 Å². The summed E-state index contributed by atoms with van der Waals surface area (Å²) in [6, 6.07) is 5.90. The lowest BCUT2D eigenvalue weighted by Crippen LogP contribution is -1.98. The third kappa shape index (κ3) is 2.07. The average Bonchev–Trinajstić information content (AvgIpc) is 2.48. The molecular formula is C11H10BrNO2. The molecule has 1 aromatic rings. The minimum atomic E-state index is 0.346. The van der Waals surface area contributed by atoms with Crippen molar-refractivity contribution >= 4 is 15.9 Å². The maximum Gasteiger partial charge on any atom is 0.175 e. The molecule has 0 radical (unpaired) electrons. The van der Waals surface area contributed by atoms with Crippen molar-refractivity contribution in [3.63, 3.8) is 0 Å². The highest BCUT2D eigenvalue weighted by Gasteiger charge is 2.17. The van der Waals surface area contributed by atoms with Crippen LogP contribution in [0.4, 0.5) is 0 Å². The van der Waals surface area contributed by atoms with Gasteiger partial charge in [-0.25, -0.2) is 0 Å². The van der Waals surface area contributed by atoms with Crippen molar-refractivity contribution in [2.24, 2.45) is 0 Å². The maximum absolute atomic E-state index is 8.70. The van der Waals surface area contributed by atoms with Crippen LogP contribution < -0.4 is 9.47 Å². The molecule has 0 amide bonds. The molecule has 0 saturated heterocycles. The second-order valence-electron chi connectivity index (χ2n) is 3.25. The number of hydrogen-bond acceptors (Lipinski definition) is 3. The Kier molecular flexibility index (Phi) is 3.12. The van der Waals surface area contributed by atoms with Crippen molar-refractivity contribution < 1.29 is 9.47 Å². The number of benzene rings is 1. The van der Waals surface area contributed by atoms with E-state index in [1.807, 2.05) is 12.1 Å². The fraction of sp³-hybridized carbons (Fsp3) is 0.364. The van der Waals surface area contributed by atoms with E-state index in [2.05, 4.69) is 22.0 Å². The molecule has 2 rings (SSSR count). The van der Waals surface area contributed by atoms with Gasteiger partial charge < -0.3 is 9.47 Å². The summed E-state index contributed by atoms with van der Waals surface area (Å²) in [5, 5.41) is 8.70. The topological polar surface area (TPSA) is 42.2 Å². The summed E-state index contributed by atoms with van der Waals surface area (Å²) >= 11 is 3.41. The van der Waals surface area contributed by atoms with Gasteiger partial charge in [-0.3, -0.25) is 0 Å². The van der Waals surface area contributed by atoms with Crippen molar-refractivity contribution in [2.45, 2.75) is 12.8 Å². The van der Waals surface area contributed by atoms with Crippen LogP contribution in [0, 0.1) is 11.3 Å². The Labute approximate surface area is 96.7 Å². The summed E-state index contributed by atoms with van der Waals surface area (Å²) in [6.07, 6.45) is 1.21. The van der Waals surface area contributed by atoms with Crippen LogP contribution in [0.3, 0.4) is 0 Å². The summed E-state index contributed by atoms with van der Waals surface area (Å²) in [6.45, 7) is 1.30. The zero-order chi connectivity index (χ0) is 10.7. The molecule has 0 bridgehead atoms. The number of ether oxygens (including phenoxy) is 2. The van der Waals surface area contributed by atoms with Gasteiger partial charge in [0.25, 0.3) is 0 Å². The molecule has 0 unspecified atom stereocenters. The first-order valence-electron chi connectivity index (χ1n) is 4.77. The van der Waals surface area contributed by atoms with E-state index in [1.54, 1.807) is 0 Å². The van der Waals surface area contributed by atoms with E-state index in [-0.39, 0.29) is 0 Å². The van der Waals surface area contributed by atoms with Crippen LogP contribution in [0.15, 0.2) is 16.6 Å². The molecule has 0 atom stereocenters. The lowest BCUT2D eigenvalue weighted by atomic mass is 10.1. The number of rotatable bonds is 1. The lowest BCUT2D eigenvalue weighted by Gasteiger charge is -2.12. The Hall–Kier alpha value is -1.21. The molecule has 0 aliphatic carbocycles. The first-order chi connectivity index (χ1) is 7.33. The van der Waals surface area contributed by atoms with Crippen molar-refractivity contribution in [3.8, 4) is 17.6 Å². The molecule has 0 spiro atoms. The predicted molar refractivity (Wildman–Crippen MR) is 59.1 cm³/mol. The van der Waals surface area contributed by atoms with Crippen LogP contribution in [0.2, 0.25) is 0 Å². The average molecular weight is 268 g/mol. The number of nitriles is 1. The Bertz CT molecular complexity index is 412. The van der Waals surface area contributed by atoms with Crippen LogP contribution in [0.5, 0.6) is 11.5 Å². The molecule has 0 saturated carbocycles.